The molecule has 0 spiro atoms. The Hall–Kier alpha value is -1.40. The van der Waals surface area contributed by atoms with Crippen molar-refractivity contribution in [3.8, 4) is 0 Å². The standard InChI is InChI=1S/C13H13BrNO4/c1-15-7-11(16)18-13(15,19-12(17)8-15)10-5-3-2-4-9(10)6-14/h2-5H,6-8H2,1H3/q+1. The fraction of sp³-hybridized carbons (Fsp3) is 0.385. The lowest BCUT2D eigenvalue weighted by atomic mass is 10.0. The van der Waals surface area contributed by atoms with Crippen molar-refractivity contribution < 1.29 is 23.5 Å². The lowest BCUT2D eigenvalue weighted by Crippen LogP contribution is -2.53. The van der Waals surface area contributed by atoms with Gasteiger partial charge in [0.2, 0.25) is 0 Å². The minimum absolute atomic E-state index is 0.120. The number of carbonyl (C=O) groups is 2. The number of quaternary nitrogens is 1. The normalized spacial score (nSPS) is 32.9. The van der Waals surface area contributed by atoms with E-state index in [1.165, 1.54) is 0 Å². The van der Waals surface area contributed by atoms with Crippen LogP contribution in [0.1, 0.15) is 11.1 Å². The molecule has 1 aromatic carbocycles. The van der Waals surface area contributed by atoms with Gasteiger partial charge in [-0.25, -0.2) is 14.1 Å². The van der Waals surface area contributed by atoms with Crippen molar-refractivity contribution in [3.63, 3.8) is 0 Å². The minimum Gasteiger partial charge on any atom is -0.366 e. The van der Waals surface area contributed by atoms with Gasteiger partial charge in [0.25, 0.3) is 0 Å². The number of benzene rings is 1. The predicted octanol–water partition coefficient (Wildman–Crippen LogP) is 1.25. The van der Waals surface area contributed by atoms with Crippen LogP contribution in [0.5, 0.6) is 0 Å². The molecular weight excluding hydrogens is 314 g/mol. The fourth-order valence-electron chi connectivity index (χ4n) is 2.79. The van der Waals surface area contributed by atoms with Gasteiger partial charge >= 0.3 is 17.8 Å². The number of alkyl halides is 1. The van der Waals surface area contributed by atoms with Gasteiger partial charge in [-0.2, -0.15) is 0 Å². The summed E-state index contributed by atoms with van der Waals surface area (Å²) in [6.07, 6.45) is 0. The number of carbonyl (C=O) groups excluding carboxylic acids is 2. The summed E-state index contributed by atoms with van der Waals surface area (Å²) in [7, 11) is 1.81. The second kappa shape index (κ2) is 4.05. The van der Waals surface area contributed by atoms with Gasteiger partial charge < -0.3 is 9.47 Å². The molecule has 2 fully saturated rings. The van der Waals surface area contributed by atoms with Gasteiger partial charge in [-0.1, -0.05) is 34.1 Å². The van der Waals surface area contributed by atoms with E-state index >= 15 is 0 Å². The Morgan fingerprint density at radius 1 is 1.21 bits per heavy atom. The van der Waals surface area contributed by atoms with Crippen LogP contribution in [-0.2, 0) is 30.3 Å². The van der Waals surface area contributed by atoms with Gasteiger partial charge in [0.1, 0.15) is 5.56 Å². The largest absolute Gasteiger partial charge is 0.439 e. The van der Waals surface area contributed by atoms with E-state index in [-0.39, 0.29) is 29.5 Å². The first-order valence-electron chi connectivity index (χ1n) is 5.93. The highest BCUT2D eigenvalue weighted by Crippen LogP contribution is 2.46. The Kier molecular flexibility index (Phi) is 2.69. The lowest BCUT2D eigenvalue weighted by Gasteiger charge is -2.33. The maximum atomic E-state index is 11.7. The topological polar surface area (TPSA) is 52.6 Å². The zero-order valence-corrected chi connectivity index (χ0v) is 12.0. The number of nitrogens with zero attached hydrogens (tertiary/aromatic N) is 1. The average Bonchev–Trinajstić information content (AvgIpc) is 2.73. The van der Waals surface area contributed by atoms with E-state index in [4.69, 9.17) is 9.47 Å². The van der Waals surface area contributed by atoms with E-state index in [1.807, 2.05) is 24.3 Å². The summed E-state index contributed by atoms with van der Waals surface area (Å²) < 4.78 is 11.0. The van der Waals surface area contributed by atoms with E-state index in [1.54, 1.807) is 7.05 Å². The van der Waals surface area contributed by atoms with E-state index in [2.05, 4.69) is 15.9 Å². The second-order valence-corrected chi connectivity index (χ2v) is 5.59. The molecule has 0 saturated carbocycles. The second-order valence-electron chi connectivity index (χ2n) is 5.03. The molecule has 3 rings (SSSR count). The quantitative estimate of drug-likeness (QED) is 0.466. The third-order valence-corrected chi connectivity index (χ3v) is 4.28. The van der Waals surface area contributed by atoms with E-state index in [0.717, 1.165) is 11.1 Å². The number of rotatable bonds is 2. The van der Waals surface area contributed by atoms with Crippen LogP contribution in [0.25, 0.3) is 0 Å². The van der Waals surface area contributed by atoms with Gasteiger partial charge in [0, 0.05) is 5.33 Å². The number of likely N-dealkylation sites (N-methyl/N-ethyl adjacent to an activating group) is 1. The van der Waals surface area contributed by atoms with Crippen LogP contribution >= 0.6 is 15.9 Å². The van der Waals surface area contributed by atoms with Crippen molar-refractivity contribution in [1.29, 1.82) is 0 Å². The van der Waals surface area contributed by atoms with Gasteiger partial charge in [-0.05, 0) is 11.6 Å². The zero-order valence-electron chi connectivity index (χ0n) is 10.4. The SMILES string of the molecule is C[N+]12CC(=O)OC1(c1ccccc1CBr)OC(=O)C2. The first kappa shape index (κ1) is 12.6. The summed E-state index contributed by atoms with van der Waals surface area (Å²) in [6.45, 7) is 0.282. The maximum Gasteiger partial charge on any atom is 0.439 e. The van der Waals surface area contributed by atoms with Crippen LogP contribution in [0.3, 0.4) is 0 Å². The van der Waals surface area contributed by atoms with E-state index in [9.17, 15) is 9.59 Å². The lowest BCUT2D eigenvalue weighted by molar-refractivity contribution is -0.973. The third-order valence-electron chi connectivity index (χ3n) is 3.67. The number of fused-ring (bicyclic) bond motifs is 1. The molecular formula is C13H13BrNO4+. The molecule has 100 valence electrons. The summed E-state index contributed by atoms with van der Waals surface area (Å²) in [5.74, 6) is -2.02. The number of halogens is 1. The smallest absolute Gasteiger partial charge is 0.366 e. The number of esters is 2. The van der Waals surface area contributed by atoms with Crippen molar-refractivity contribution in [1.82, 2.24) is 0 Å². The van der Waals surface area contributed by atoms with Crippen LogP contribution < -0.4 is 0 Å². The van der Waals surface area contributed by atoms with E-state index in [0.29, 0.717) is 5.33 Å². The van der Waals surface area contributed by atoms with Crippen molar-refractivity contribution >= 4 is 27.9 Å². The molecule has 2 heterocycles. The van der Waals surface area contributed by atoms with Crippen LogP contribution in [0.15, 0.2) is 24.3 Å². The minimum atomic E-state index is -1.32. The third kappa shape index (κ3) is 1.63. The highest BCUT2D eigenvalue weighted by molar-refractivity contribution is 9.08. The highest BCUT2D eigenvalue weighted by atomic mass is 79.9. The molecule has 2 aliphatic heterocycles. The molecule has 0 N–H and O–H groups in total. The van der Waals surface area contributed by atoms with Crippen LogP contribution in [0.2, 0.25) is 0 Å². The first-order chi connectivity index (χ1) is 9.01. The molecule has 0 amide bonds. The summed E-state index contributed by atoms with van der Waals surface area (Å²) in [6, 6.07) is 7.50. The Balaban J connectivity index is 2.20. The molecule has 0 unspecified atom stereocenters. The molecule has 0 radical (unpaired) electrons. The predicted molar refractivity (Wildman–Crippen MR) is 68.9 cm³/mol. The number of hydrogen-bond donors (Lipinski definition) is 0. The Morgan fingerprint density at radius 3 is 2.37 bits per heavy atom. The van der Waals surface area contributed by atoms with Gasteiger partial charge in [0.05, 0.1) is 7.05 Å². The molecule has 1 aromatic rings. The van der Waals surface area contributed by atoms with Crippen molar-refractivity contribution in [3.05, 3.63) is 35.4 Å². The van der Waals surface area contributed by atoms with Crippen LogP contribution in [0, 0.1) is 0 Å². The molecule has 2 aliphatic rings. The number of hydrogen-bond acceptors (Lipinski definition) is 4. The van der Waals surface area contributed by atoms with Crippen molar-refractivity contribution in [2.75, 3.05) is 20.1 Å². The van der Waals surface area contributed by atoms with Crippen molar-refractivity contribution in [2.24, 2.45) is 0 Å². The highest BCUT2D eigenvalue weighted by Gasteiger charge is 2.69. The average molecular weight is 327 g/mol. The molecule has 5 nitrogen and oxygen atoms in total. The summed E-state index contributed by atoms with van der Waals surface area (Å²) in [5.41, 5.74) is 1.67. The first-order valence-corrected chi connectivity index (χ1v) is 7.05. The fourth-order valence-corrected chi connectivity index (χ4v) is 3.28. The van der Waals surface area contributed by atoms with Crippen LogP contribution in [0.4, 0.5) is 0 Å². The number of ether oxygens (including phenoxy) is 2. The van der Waals surface area contributed by atoms with Crippen LogP contribution in [-0.4, -0.2) is 36.6 Å². The molecule has 0 bridgehead atoms. The monoisotopic (exact) mass is 326 g/mol. The zero-order chi connectivity index (χ0) is 13.7. The summed E-state index contributed by atoms with van der Waals surface area (Å²) in [5, 5.41) is 0.597. The Morgan fingerprint density at radius 2 is 1.79 bits per heavy atom. The summed E-state index contributed by atoms with van der Waals surface area (Å²) in [4.78, 5) is 23.4. The van der Waals surface area contributed by atoms with Gasteiger partial charge in [0.15, 0.2) is 13.1 Å². The Labute approximate surface area is 118 Å². The molecule has 0 atom stereocenters. The molecule has 2 saturated heterocycles. The maximum absolute atomic E-state index is 11.7. The molecule has 19 heavy (non-hydrogen) atoms. The molecule has 0 aliphatic carbocycles. The summed E-state index contributed by atoms with van der Waals surface area (Å²) >= 11 is 3.41. The molecule has 6 heteroatoms. The van der Waals surface area contributed by atoms with Gasteiger partial charge in [-0.15, -0.1) is 0 Å². The van der Waals surface area contributed by atoms with E-state index < -0.39 is 5.91 Å². The van der Waals surface area contributed by atoms with Gasteiger partial charge in [-0.3, -0.25) is 0 Å². The van der Waals surface area contributed by atoms with Crippen molar-refractivity contribution in [2.45, 2.75) is 11.2 Å². The molecule has 0 aromatic heterocycles. The Bertz CT molecular complexity index is 552.